The molecule has 1 atom stereocenters. The van der Waals surface area contributed by atoms with Gasteiger partial charge in [-0.15, -0.1) is 0 Å². The molecule has 23 heavy (non-hydrogen) atoms. The maximum absolute atomic E-state index is 6.34. The van der Waals surface area contributed by atoms with Gasteiger partial charge in [0.05, 0.1) is 6.04 Å². The summed E-state index contributed by atoms with van der Waals surface area (Å²) in [6, 6.07) is 27.4. The van der Waals surface area contributed by atoms with E-state index in [4.69, 9.17) is 5.73 Å². The molecule has 3 rings (SSSR count). The van der Waals surface area contributed by atoms with Crippen molar-refractivity contribution in [3.05, 3.63) is 106 Å². The van der Waals surface area contributed by atoms with Crippen molar-refractivity contribution in [3.8, 4) is 0 Å². The van der Waals surface area contributed by atoms with Crippen molar-refractivity contribution in [1.82, 2.24) is 0 Å². The third-order valence-corrected chi connectivity index (χ3v) is 4.64. The van der Waals surface area contributed by atoms with Gasteiger partial charge in [0.25, 0.3) is 0 Å². The molecular formula is C21H20BrN. The van der Waals surface area contributed by atoms with Crippen LogP contribution in [0, 0.1) is 0 Å². The van der Waals surface area contributed by atoms with Crippen molar-refractivity contribution in [2.45, 2.75) is 18.9 Å². The van der Waals surface area contributed by atoms with Crippen LogP contribution in [-0.2, 0) is 12.8 Å². The molecule has 0 amide bonds. The van der Waals surface area contributed by atoms with E-state index in [9.17, 15) is 0 Å². The van der Waals surface area contributed by atoms with E-state index in [1.165, 1.54) is 11.1 Å². The van der Waals surface area contributed by atoms with E-state index in [1.54, 1.807) is 0 Å². The number of rotatable bonds is 5. The molecule has 0 heterocycles. The van der Waals surface area contributed by atoms with Gasteiger partial charge in [0.15, 0.2) is 0 Å². The number of nitrogens with two attached hydrogens (primary N) is 1. The van der Waals surface area contributed by atoms with Crippen LogP contribution in [0.5, 0.6) is 0 Å². The molecule has 0 saturated heterocycles. The van der Waals surface area contributed by atoms with E-state index in [1.807, 2.05) is 18.2 Å². The van der Waals surface area contributed by atoms with Crippen LogP contribution in [0.25, 0.3) is 0 Å². The molecule has 1 nitrogen and oxygen atoms in total. The molecule has 3 aromatic carbocycles. The second-order valence-corrected chi connectivity index (χ2v) is 6.67. The first-order valence-corrected chi connectivity index (χ1v) is 8.65. The Kier molecular flexibility index (Phi) is 5.27. The molecule has 1 unspecified atom stereocenters. The van der Waals surface area contributed by atoms with Crippen molar-refractivity contribution in [2.75, 3.05) is 0 Å². The summed E-state index contributed by atoms with van der Waals surface area (Å²) in [5.41, 5.74) is 11.3. The fraction of sp³-hybridized carbons (Fsp3) is 0.143. The third-order valence-electron chi connectivity index (χ3n) is 4.11. The van der Waals surface area contributed by atoms with Crippen LogP contribution in [0.15, 0.2) is 83.3 Å². The fourth-order valence-corrected chi connectivity index (χ4v) is 2.95. The first-order chi connectivity index (χ1) is 11.2. The summed E-state index contributed by atoms with van der Waals surface area (Å²) >= 11 is 3.47. The van der Waals surface area contributed by atoms with Crippen molar-refractivity contribution in [3.63, 3.8) is 0 Å². The Morgan fingerprint density at radius 2 is 1.13 bits per heavy atom. The van der Waals surface area contributed by atoms with Crippen LogP contribution in [0.3, 0.4) is 0 Å². The quantitative estimate of drug-likeness (QED) is 0.653. The highest BCUT2D eigenvalue weighted by molar-refractivity contribution is 9.10. The van der Waals surface area contributed by atoms with Crippen LogP contribution in [0.1, 0.15) is 28.3 Å². The SMILES string of the molecule is NC(c1ccccc1)c1ccc(CCc2ccc(Br)cc2)cc1. The van der Waals surface area contributed by atoms with Crippen LogP contribution in [-0.4, -0.2) is 0 Å². The zero-order valence-electron chi connectivity index (χ0n) is 13.0. The lowest BCUT2D eigenvalue weighted by Crippen LogP contribution is -2.11. The summed E-state index contributed by atoms with van der Waals surface area (Å²) in [5.74, 6) is 0. The summed E-state index contributed by atoms with van der Waals surface area (Å²) < 4.78 is 1.13. The van der Waals surface area contributed by atoms with Crippen LogP contribution >= 0.6 is 15.9 Å². The minimum absolute atomic E-state index is 0.0586. The largest absolute Gasteiger partial charge is 0.320 e. The number of hydrogen-bond donors (Lipinski definition) is 1. The molecule has 0 aliphatic heterocycles. The first kappa shape index (κ1) is 16.0. The van der Waals surface area contributed by atoms with E-state index in [0.29, 0.717) is 0 Å². The van der Waals surface area contributed by atoms with Gasteiger partial charge in [0.1, 0.15) is 0 Å². The van der Waals surface area contributed by atoms with Crippen LogP contribution < -0.4 is 5.73 Å². The maximum Gasteiger partial charge on any atom is 0.0551 e. The summed E-state index contributed by atoms with van der Waals surface area (Å²) in [6.07, 6.45) is 2.10. The van der Waals surface area contributed by atoms with Gasteiger partial charge in [-0.25, -0.2) is 0 Å². The van der Waals surface area contributed by atoms with Gasteiger partial charge in [0, 0.05) is 4.47 Å². The summed E-state index contributed by atoms with van der Waals surface area (Å²) in [4.78, 5) is 0. The van der Waals surface area contributed by atoms with E-state index < -0.39 is 0 Å². The van der Waals surface area contributed by atoms with Gasteiger partial charge in [-0.2, -0.15) is 0 Å². The first-order valence-electron chi connectivity index (χ1n) is 7.86. The summed E-state index contributed by atoms with van der Waals surface area (Å²) in [6.45, 7) is 0. The summed E-state index contributed by atoms with van der Waals surface area (Å²) in [7, 11) is 0. The van der Waals surface area contributed by atoms with Crippen molar-refractivity contribution >= 4 is 15.9 Å². The topological polar surface area (TPSA) is 26.0 Å². The molecular weight excluding hydrogens is 346 g/mol. The van der Waals surface area contributed by atoms with E-state index >= 15 is 0 Å². The monoisotopic (exact) mass is 365 g/mol. The summed E-state index contributed by atoms with van der Waals surface area (Å²) in [5, 5.41) is 0. The zero-order chi connectivity index (χ0) is 16.1. The highest BCUT2D eigenvalue weighted by atomic mass is 79.9. The molecule has 0 saturated carbocycles. The van der Waals surface area contributed by atoms with Gasteiger partial charge < -0.3 is 5.73 Å². The lowest BCUT2D eigenvalue weighted by molar-refractivity contribution is 0.867. The smallest absolute Gasteiger partial charge is 0.0551 e. The molecule has 3 aromatic rings. The van der Waals surface area contributed by atoms with Crippen molar-refractivity contribution in [2.24, 2.45) is 5.73 Å². The Balaban J connectivity index is 1.64. The molecule has 2 heteroatoms. The molecule has 2 N–H and O–H groups in total. The molecule has 116 valence electrons. The Hall–Kier alpha value is -1.90. The Bertz CT molecular complexity index is 733. The maximum atomic E-state index is 6.34. The molecule has 0 aliphatic rings. The molecule has 0 radical (unpaired) electrons. The average molecular weight is 366 g/mol. The Morgan fingerprint density at radius 3 is 1.70 bits per heavy atom. The minimum atomic E-state index is -0.0586. The zero-order valence-corrected chi connectivity index (χ0v) is 14.5. The van der Waals surface area contributed by atoms with Gasteiger partial charge in [-0.3, -0.25) is 0 Å². The van der Waals surface area contributed by atoms with Gasteiger partial charge >= 0.3 is 0 Å². The lowest BCUT2D eigenvalue weighted by atomic mass is 9.97. The van der Waals surface area contributed by atoms with Crippen molar-refractivity contribution in [1.29, 1.82) is 0 Å². The third kappa shape index (κ3) is 4.31. The Morgan fingerprint density at radius 1 is 0.652 bits per heavy atom. The van der Waals surface area contributed by atoms with Gasteiger partial charge in [0.2, 0.25) is 0 Å². The molecule has 0 aromatic heterocycles. The van der Waals surface area contributed by atoms with Crippen LogP contribution in [0.4, 0.5) is 0 Å². The fourth-order valence-electron chi connectivity index (χ4n) is 2.68. The van der Waals surface area contributed by atoms with E-state index in [-0.39, 0.29) is 6.04 Å². The van der Waals surface area contributed by atoms with E-state index in [0.717, 1.165) is 28.4 Å². The molecule has 0 fully saturated rings. The number of hydrogen-bond acceptors (Lipinski definition) is 1. The number of halogens is 1. The Labute approximate surface area is 146 Å². The lowest BCUT2D eigenvalue weighted by Gasteiger charge is -2.13. The normalized spacial score (nSPS) is 12.1. The molecule has 0 spiro atoms. The predicted octanol–water partition coefficient (Wildman–Crippen LogP) is 5.28. The predicted molar refractivity (Wildman–Crippen MR) is 100 cm³/mol. The highest BCUT2D eigenvalue weighted by Crippen LogP contribution is 2.20. The number of benzene rings is 3. The standard InChI is InChI=1S/C21H20BrN/c22-20-14-10-17(11-15-20)7-6-16-8-12-19(13-9-16)21(23)18-4-2-1-3-5-18/h1-5,8-15,21H,6-7,23H2. The molecule has 0 aliphatic carbocycles. The van der Waals surface area contributed by atoms with Crippen molar-refractivity contribution < 1.29 is 0 Å². The van der Waals surface area contributed by atoms with Crippen LogP contribution in [0.2, 0.25) is 0 Å². The average Bonchev–Trinajstić information content (AvgIpc) is 2.62. The van der Waals surface area contributed by atoms with Gasteiger partial charge in [-0.05, 0) is 47.2 Å². The molecule has 0 bridgehead atoms. The highest BCUT2D eigenvalue weighted by Gasteiger charge is 2.08. The minimum Gasteiger partial charge on any atom is -0.320 e. The second kappa shape index (κ2) is 7.58. The van der Waals surface area contributed by atoms with E-state index in [2.05, 4.69) is 76.6 Å². The second-order valence-electron chi connectivity index (χ2n) is 5.76. The number of aryl methyl sites for hydroxylation is 2. The van der Waals surface area contributed by atoms with Gasteiger partial charge in [-0.1, -0.05) is 82.7 Å².